The van der Waals surface area contributed by atoms with Gasteiger partial charge in [0.1, 0.15) is 17.4 Å². The van der Waals surface area contributed by atoms with Gasteiger partial charge in [-0.15, -0.1) is 0 Å². The Kier molecular flexibility index (Phi) is 6.24. The van der Waals surface area contributed by atoms with Crippen molar-refractivity contribution in [3.63, 3.8) is 0 Å². The third-order valence-electron chi connectivity index (χ3n) is 6.53. The quantitative estimate of drug-likeness (QED) is 0.361. The third kappa shape index (κ3) is 5.19. The number of benzene rings is 2. The number of rotatable bonds is 6. The average Bonchev–Trinajstić information content (AvgIpc) is 3.39. The number of aromatic nitrogens is 4. The van der Waals surface area contributed by atoms with E-state index in [1.54, 1.807) is 12.5 Å². The summed E-state index contributed by atoms with van der Waals surface area (Å²) in [5.41, 5.74) is 7.38. The molecule has 0 aliphatic carbocycles. The number of aryl methyl sites for hydroxylation is 1. The van der Waals surface area contributed by atoms with Gasteiger partial charge in [0.05, 0.1) is 6.20 Å². The van der Waals surface area contributed by atoms with Gasteiger partial charge >= 0.3 is 0 Å². The summed E-state index contributed by atoms with van der Waals surface area (Å²) in [6.07, 6.45) is 5.71. The predicted molar refractivity (Wildman–Crippen MR) is 144 cm³/mol. The summed E-state index contributed by atoms with van der Waals surface area (Å²) in [6, 6.07) is 15.1. The van der Waals surface area contributed by atoms with E-state index in [0.29, 0.717) is 5.82 Å². The van der Waals surface area contributed by atoms with Crippen LogP contribution in [0, 0.1) is 6.92 Å². The Hall–Kier alpha value is -3.74. The lowest BCUT2D eigenvalue weighted by atomic mass is 9.87. The van der Waals surface area contributed by atoms with Gasteiger partial charge in [0.2, 0.25) is 5.95 Å². The highest BCUT2D eigenvalue weighted by Gasteiger charge is 2.17. The number of nitrogens with zero attached hydrogens (tertiary/aromatic N) is 5. The molecule has 4 aromatic rings. The number of fused-ring (bicyclic) bond motifs is 1. The molecule has 3 heterocycles. The van der Waals surface area contributed by atoms with E-state index in [9.17, 15) is 0 Å². The highest BCUT2D eigenvalue weighted by molar-refractivity contribution is 5.87. The van der Waals surface area contributed by atoms with E-state index in [-0.39, 0.29) is 5.41 Å². The highest BCUT2D eigenvalue weighted by Crippen LogP contribution is 2.28. The third-order valence-corrected chi connectivity index (χ3v) is 6.53. The zero-order chi connectivity index (χ0) is 24.4. The van der Waals surface area contributed by atoms with E-state index < -0.39 is 0 Å². The fourth-order valence-electron chi connectivity index (χ4n) is 4.35. The topological polar surface area (TPSA) is 78.9 Å². The zero-order valence-electron chi connectivity index (χ0n) is 21.0. The Morgan fingerprint density at radius 3 is 2.60 bits per heavy atom. The molecule has 5 rings (SSSR count). The van der Waals surface area contributed by atoms with Crippen molar-refractivity contribution in [2.75, 3.05) is 28.6 Å². The molecule has 0 atom stereocenters. The SMILES string of the molecule is Cc1ccc(CNc2cccc(C(C)(C)C)c2)cc1Nc1ncnc2cnc(N3CCCC3)nc12. The van der Waals surface area contributed by atoms with Crippen LogP contribution >= 0.6 is 0 Å². The van der Waals surface area contributed by atoms with Gasteiger partial charge in [0.15, 0.2) is 5.82 Å². The second-order valence-corrected chi connectivity index (χ2v) is 10.3. The van der Waals surface area contributed by atoms with E-state index in [1.165, 1.54) is 24.0 Å². The van der Waals surface area contributed by atoms with Crippen LogP contribution in [0.15, 0.2) is 55.0 Å². The van der Waals surface area contributed by atoms with Crippen molar-refractivity contribution >= 4 is 34.2 Å². The molecule has 0 radical (unpaired) electrons. The van der Waals surface area contributed by atoms with Crippen molar-refractivity contribution in [1.82, 2.24) is 19.9 Å². The Bertz CT molecular complexity index is 1340. The first-order chi connectivity index (χ1) is 16.9. The van der Waals surface area contributed by atoms with Crippen LogP contribution in [-0.2, 0) is 12.0 Å². The van der Waals surface area contributed by atoms with E-state index >= 15 is 0 Å². The monoisotopic (exact) mass is 467 g/mol. The minimum atomic E-state index is 0.122. The van der Waals surface area contributed by atoms with Crippen LogP contribution in [-0.4, -0.2) is 33.0 Å². The fourth-order valence-corrected chi connectivity index (χ4v) is 4.35. The Balaban J connectivity index is 1.37. The first-order valence-corrected chi connectivity index (χ1v) is 12.3. The number of nitrogens with one attached hydrogen (secondary N) is 2. The van der Waals surface area contributed by atoms with Crippen LogP contribution in [0.25, 0.3) is 11.0 Å². The molecular formula is C28H33N7. The number of anilines is 4. The maximum Gasteiger partial charge on any atom is 0.226 e. The molecule has 0 bridgehead atoms. The summed E-state index contributed by atoms with van der Waals surface area (Å²) < 4.78 is 0. The Labute approximate surface area is 207 Å². The Morgan fingerprint density at radius 2 is 1.80 bits per heavy atom. The van der Waals surface area contributed by atoms with Crippen molar-refractivity contribution < 1.29 is 0 Å². The standard InChI is InChI=1S/C28H33N7/c1-19-10-11-20(16-29-22-9-7-8-21(15-22)28(2,3)4)14-23(19)33-26-25-24(31-18-32-26)17-30-27(34-25)35-12-5-6-13-35/h7-11,14-15,17-18,29H,5-6,12-13,16H2,1-4H3,(H,31,32,33). The molecule has 2 N–H and O–H groups in total. The molecule has 0 saturated carbocycles. The van der Waals surface area contributed by atoms with Gasteiger partial charge < -0.3 is 15.5 Å². The molecule has 180 valence electrons. The van der Waals surface area contributed by atoms with Crippen molar-refractivity contribution in [3.8, 4) is 0 Å². The van der Waals surface area contributed by atoms with Gasteiger partial charge in [-0.3, -0.25) is 0 Å². The predicted octanol–water partition coefficient (Wildman–Crippen LogP) is 5.98. The summed E-state index contributed by atoms with van der Waals surface area (Å²) in [4.78, 5) is 20.5. The first kappa shape index (κ1) is 23.0. The van der Waals surface area contributed by atoms with Crippen LogP contribution in [0.5, 0.6) is 0 Å². The lowest BCUT2D eigenvalue weighted by Crippen LogP contribution is -2.20. The molecule has 2 aromatic heterocycles. The lowest BCUT2D eigenvalue weighted by Gasteiger charge is -2.20. The smallest absolute Gasteiger partial charge is 0.226 e. The molecule has 0 amide bonds. The van der Waals surface area contributed by atoms with Crippen LogP contribution in [0.4, 0.5) is 23.1 Å². The van der Waals surface area contributed by atoms with Gasteiger partial charge in [-0.05, 0) is 60.1 Å². The summed E-state index contributed by atoms with van der Waals surface area (Å²) in [6.45, 7) is 11.5. The normalized spacial score (nSPS) is 13.9. The van der Waals surface area contributed by atoms with Crippen LogP contribution in [0.1, 0.15) is 50.3 Å². The highest BCUT2D eigenvalue weighted by atomic mass is 15.3. The molecule has 1 fully saturated rings. The minimum absolute atomic E-state index is 0.122. The lowest BCUT2D eigenvalue weighted by molar-refractivity contribution is 0.590. The summed E-state index contributed by atoms with van der Waals surface area (Å²) >= 11 is 0. The average molecular weight is 468 g/mol. The first-order valence-electron chi connectivity index (χ1n) is 12.3. The molecular weight excluding hydrogens is 434 g/mol. The maximum atomic E-state index is 4.82. The van der Waals surface area contributed by atoms with Gasteiger partial charge in [-0.25, -0.2) is 19.9 Å². The number of hydrogen-bond acceptors (Lipinski definition) is 7. The van der Waals surface area contributed by atoms with E-state index in [0.717, 1.165) is 53.6 Å². The van der Waals surface area contributed by atoms with Crippen molar-refractivity contribution in [3.05, 3.63) is 71.7 Å². The van der Waals surface area contributed by atoms with Gasteiger partial charge in [0.25, 0.3) is 0 Å². The molecule has 7 heteroatoms. The van der Waals surface area contributed by atoms with E-state index in [1.807, 2.05) is 0 Å². The van der Waals surface area contributed by atoms with Gasteiger partial charge in [0, 0.05) is 31.0 Å². The molecule has 1 aliphatic rings. The van der Waals surface area contributed by atoms with E-state index in [2.05, 4.69) is 101 Å². The summed E-state index contributed by atoms with van der Waals surface area (Å²) in [5.74, 6) is 1.45. The van der Waals surface area contributed by atoms with Crippen molar-refractivity contribution in [2.45, 2.75) is 52.5 Å². The fraction of sp³-hybridized carbons (Fsp3) is 0.357. The second kappa shape index (κ2) is 9.49. The minimum Gasteiger partial charge on any atom is -0.381 e. The molecule has 35 heavy (non-hydrogen) atoms. The maximum absolute atomic E-state index is 4.82. The molecule has 1 aliphatic heterocycles. The zero-order valence-corrected chi connectivity index (χ0v) is 21.0. The van der Waals surface area contributed by atoms with E-state index in [4.69, 9.17) is 4.98 Å². The van der Waals surface area contributed by atoms with Crippen molar-refractivity contribution in [1.29, 1.82) is 0 Å². The summed E-state index contributed by atoms with van der Waals surface area (Å²) in [7, 11) is 0. The molecule has 2 aromatic carbocycles. The van der Waals surface area contributed by atoms with Crippen LogP contribution in [0.3, 0.4) is 0 Å². The van der Waals surface area contributed by atoms with Crippen LogP contribution < -0.4 is 15.5 Å². The number of hydrogen-bond donors (Lipinski definition) is 2. The largest absolute Gasteiger partial charge is 0.381 e. The van der Waals surface area contributed by atoms with Crippen molar-refractivity contribution in [2.24, 2.45) is 0 Å². The van der Waals surface area contributed by atoms with Gasteiger partial charge in [-0.2, -0.15) is 0 Å². The molecule has 0 unspecified atom stereocenters. The molecule has 1 saturated heterocycles. The molecule has 7 nitrogen and oxygen atoms in total. The second-order valence-electron chi connectivity index (χ2n) is 10.3. The van der Waals surface area contributed by atoms with Crippen LogP contribution in [0.2, 0.25) is 0 Å². The Morgan fingerprint density at radius 1 is 0.971 bits per heavy atom. The molecule has 0 spiro atoms. The summed E-state index contributed by atoms with van der Waals surface area (Å²) in [5, 5.41) is 7.09. The van der Waals surface area contributed by atoms with Gasteiger partial charge in [-0.1, -0.05) is 45.0 Å².